The van der Waals surface area contributed by atoms with Crippen molar-refractivity contribution in [2.45, 2.75) is 39.7 Å². The maximum absolute atomic E-state index is 12.0. The molecule has 1 aromatic heterocycles. The molecule has 0 aliphatic heterocycles. The summed E-state index contributed by atoms with van der Waals surface area (Å²) < 4.78 is 1.80. The number of aromatic nitrogens is 1. The van der Waals surface area contributed by atoms with E-state index in [-0.39, 0.29) is 11.3 Å². The van der Waals surface area contributed by atoms with Crippen LogP contribution in [0.5, 0.6) is 0 Å². The molecule has 0 bridgehead atoms. The van der Waals surface area contributed by atoms with Crippen LogP contribution in [0.15, 0.2) is 16.9 Å². The molecule has 2 rings (SSSR count). The number of Topliss-reactive ketones (excluding diaryl/α,β-unsaturated/α-hetero) is 1. The third-order valence-corrected chi connectivity index (χ3v) is 3.95. The lowest BCUT2D eigenvalue weighted by atomic mass is 9.94. The molecule has 0 amide bonds. The van der Waals surface area contributed by atoms with E-state index < -0.39 is 0 Å². The number of fused-ring (bicyclic) bond motifs is 1. The van der Waals surface area contributed by atoms with E-state index in [1.807, 2.05) is 0 Å². The fraction of sp³-hybridized carbons (Fsp3) is 0.600. The summed E-state index contributed by atoms with van der Waals surface area (Å²) in [6, 6.07) is 3.23. The van der Waals surface area contributed by atoms with Crippen molar-refractivity contribution in [3.05, 3.63) is 33.7 Å². The number of carbonyl (C=O) groups is 1. The molecule has 0 atom stereocenters. The van der Waals surface area contributed by atoms with Gasteiger partial charge in [-0.05, 0) is 32.0 Å². The first-order valence-corrected chi connectivity index (χ1v) is 7.15. The van der Waals surface area contributed by atoms with E-state index in [0.29, 0.717) is 13.0 Å². The first kappa shape index (κ1) is 14.0. The van der Waals surface area contributed by atoms with Gasteiger partial charge in [0, 0.05) is 36.8 Å². The molecule has 4 heteroatoms. The Hall–Kier alpha value is -1.42. The average molecular weight is 262 g/mol. The summed E-state index contributed by atoms with van der Waals surface area (Å²) in [5.41, 5.74) is 1.71. The molecule has 104 valence electrons. The molecular formula is C15H22N2O2. The van der Waals surface area contributed by atoms with E-state index in [1.54, 1.807) is 10.6 Å². The largest absolute Gasteiger partial charge is 0.311 e. The van der Waals surface area contributed by atoms with Gasteiger partial charge < -0.3 is 9.47 Å². The van der Waals surface area contributed by atoms with Crippen LogP contribution in [-0.2, 0) is 13.0 Å². The van der Waals surface area contributed by atoms with Crippen LogP contribution >= 0.6 is 0 Å². The zero-order valence-electron chi connectivity index (χ0n) is 11.8. The second-order valence-corrected chi connectivity index (χ2v) is 4.99. The van der Waals surface area contributed by atoms with Gasteiger partial charge in [-0.25, -0.2) is 0 Å². The monoisotopic (exact) mass is 262 g/mol. The standard InChI is InChI=1S/C15H22N2O2/c1-3-16(4-2)10-11-17-13-6-5-7-14(18)12(13)8-9-15(17)19/h8-9H,3-7,10-11H2,1-2H3. The second kappa shape index (κ2) is 6.15. The third-order valence-electron chi connectivity index (χ3n) is 3.95. The van der Waals surface area contributed by atoms with Crippen LogP contribution in [-0.4, -0.2) is 34.9 Å². The molecule has 4 nitrogen and oxygen atoms in total. The molecule has 0 fully saturated rings. The van der Waals surface area contributed by atoms with Crippen molar-refractivity contribution in [2.75, 3.05) is 19.6 Å². The van der Waals surface area contributed by atoms with E-state index in [0.717, 1.165) is 43.7 Å². The minimum atomic E-state index is 0.0145. The normalized spacial score (nSPS) is 14.8. The van der Waals surface area contributed by atoms with E-state index in [2.05, 4.69) is 18.7 Å². The fourth-order valence-electron chi connectivity index (χ4n) is 2.72. The number of ketones is 1. The SMILES string of the molecule is CCN(CC)CCn1c2c(ccc1=O)C(=O)CCC2. The summed E-state index contributed by atoms with van der Waals surface area (Å²) in [5, 5.41) is 0. The summed E-state index contributed by atoms with van der Waals surface area (Å²) >= 11 is 0. The van der Waals surface area contributed by atoms with Crippen molar-refractivity contribution in [3.8, 4) is 0 Å². The Kier molecular flexibility index (Phi) is 4.53. The molecule has 0 saturated carbocycles. The molecule has 0 radical (unpaired) electrons. The van der Waals surface area contributed by atoms with Gasteiger partial charge in [0.2, 0.25) is 0 Å². The topological polar surface area (TPSA) is 42.3 Å². The molecule has 0 unspecified atom stereocenters. The van der Waals surface area contributed by atoms with Crippen LogP contribution in [0, 0.1) is 0 Å². The molecule has 0 N–H and O–H groups in total. The molecule has 0 spiro atoms. The Balaban J connectivity index is 2.27. The van der Waals surface area contributed by atoms with Gasteiger partial charge in [-0.15, -0.1) is 0 Å². The molecule has 1 aliphatic rings. The Bertz CT molecular complexity index is 515. The smallest absolute Gasteiger partial charge is 0.250 e. The Morgan fingerprint density at radius 2 is 1.89 bits per heavy atom. The lowest BCUT2D eigenvalue weighted by Gasteiger charge is -2.23. The van der Waals surface area contributed by atoms with Crippen LogP contribution in [0.4, 0.5) is 0 Å². The second-order valence-electron chi connectivity index (χ2n) is 4.99. The highest BCUT2D eigenvalue weighted by molar-refractivity contribution is 5.97. The van der Waals surface area contributed by atoms with E-state index in [1.165, 1.54) is 6.07 Å². The molecule has 0 aromatic carbocycles. The molecule has 0 saturated heterocycles. The van der Waals surface area contributed by atoms with Crippen molar-refractivity contribution in [3.63, 3.8) is 0 Å². The molecule has 1 heterocycles. The van der Waals surface area contributed by atoms with Gasteiger partial charge in [0.1, 0.15) is 0 Å². The molecule has 19 heavy (non-hydrogen) atoms. The summed E-state index contributed by atoms with van der Waals surface area (Å²) in [4.78, 5) is 26.2. The van der Waals surface area contributed by atoms with Gasteiger partial charge in [0.05, 0.1) is 0 Å². The minimum absolute atomic E-state index is 0.0145. The number of hydrogen-bond donors (Lipinski definition) is 0. The lowest BCUT2D eigenvalue weighted by Crippen LogP contribution is -2.33. The number of likely N-dealkylation sites (N-methyl/N-ethyl adjacent to an activating group) is 1. The highest BCUT2D eigenvalue weighted by atomic mass is 16.1. The molecule has 1 aliphatic carbocycles. The van der Waals surface area contributed by atoms with Crippen LogP contribution in [0.3, 0.4) is 0 Å². The van der Waals surface area contributed by atoms with Gasteiger partial charge in [-0.2, -0.15) is 0 Å². The first-order chi connectivity index (χ1) is 9.17. The zero-order valence-corrected chi connectivity index (χ0v) is 11.8. The summed E-state index contributed by atoms with van der Waals surface area (Å²) in [7, 11) is 0. The quantitative estimate of drug-likeness (QED) is 0.811. The lowest BCUT2D eigenvalue weighted by molar-refractivity contribution is 0.0970. The van der Waals surface area contributed by atoms with Crippen LogP contribution < -0.4 is 5.56 Å². The third kappa shape index (κ3) is 2.95. The fourth-order valence-corrected chi connectivity index (χ4v) is 2.72. The van der Waals surface area contributed by atoms with Crippen molar-refractivity contribution >= 4 is 5.78 Å². The number of pyridine rings is 1. The zero-order chi connectivity index (χ0) is 13.8. The maximum atomic E-state index is 12.0. The summed E-state index contributed by atoms with van der Waals surface area (Å²) in [6.45, 7) is 7.75. The molecular weight excluding hydrogens is 240 g/mol. The Morgan fingerprint density at radius 1 is 1.16 bits per heavy atom. The highest BCUT2D eigenvalue weighted by Gasteiger charge is 2.20. The first-order valence-electron chi connectivity index (χ1n) is 7.15. The molecule has 1 aromatic rings. The summed E-state index contributed by atoms with van der Waals surface area (Å²) in [6.07, 6.45) is 2.32. The number of hydrogen-bond acceptors (Lipinski definition) is 3. The Labute approximate surface area is 114 Å². The number of nitrogens with zero attached hydrogens (tertiary/aromatic N) is 2. The van der Waals surface area contributed by atoms with Crippen LogP contribution in [0.2, 0.25) is 0 Å². The van der Waals surface area contributed by atoms with Gasteiger partial charge >= 0.3 is 0 Å². The van der Waals surface area contributed by atoms with E-state index in [9.17, 15) is 9.59 Å². The number of carbonyl (C=O) groups excluding carboxylic acids is 1. The predicted molar refractivity (Wildman–Crippen MR) is 75.8 cm³/mol. The maximum Gasteiger partial charge on any atom is 0.250 e. The van der Waals surface area contributed by atoms with Gasteiger partial charge in [0.25, 0.3) is 5.56 Å². The summed E-state index contributed by atoms with van der Waals surface area (Å²) in [5.74, 6) is 0.179. The van der Waals surface area contributed by atoms with E-state index in [4.69, 9.17) is 0 Å². The van der Waals surface area contributed by atoms with Crippen molar-refractivity contribution in [1.29, 1.82) is 0 Å². The van der Waals surface area contributed by atoms with Crippen LogP contribution in [0.25, 0.3) is 0 Å². The van der Waals surface area contributed by atoms with Gasteiger partial charge in [-0.3, -0.25) is 9.59 Å². The number of rotatable bonds is 5. The van der Waals surface area contributed by atoms with Gasteiger partial charge in [-0.1, -0.05) is 13.8 Å². The minimum Gasteiger partial charge on any atom is -0.311 e. The average Bonchev–Trinajstić information content (AvgIpc) is 2.42. The van der Waals surface area contributed by atoms with Crippen molar-refractivity contribution < 1.29 is 4.79 Å². The van der Waals surface area contributed by atoms with E-state index >= 15 is 0 Å². The predicted octanol–water partition coefficient (Wildman–Crippen LogP) is 1.71. The van der Waals surface area contributed by atoms with Crippen molar-refractivity contribution in [2.24, 2.45) is 0 Å². The van der Waals surface area contributed by atoms with Gasteiger partial charge in [0.15, 0.2) is 5.78 Å². The van der Waals surface area contributed by atoms with Crippen molar-refractivity contribution in [1.82, 2.24) is 9.47 Å². The Morgan fingerprint density at radius 3 is 2.58 bits per heavy atom. The van der Waals surface area contributed by atoms with Crippen LogP contribution in [0.1, 0.15) is 42.7 Å². The highest BCUT2D eigenvalue weighted by Crippen LogP contribution is 2.19.